The van der Waals surface area contributed by atoms with Crippen LogP contribution in [0.3, 0.4) is 0 Å². The average Bonchev–Trinajstić information content (AvgIpc) is 3.04. The average molecular weight is 530 g/mol. The number of hydrogen-bond donors (Lipinski definition) is 0. The SMILES string of the molecule is O=S(=O)(N=CC1CCO[C@H](C2c3ccccc3CCc3ccccc32)C1)c1ccc(OC(F)(F)F)cc1. The zero-order valence-corrected chi connectivity index (χ0v) is 20.7. The predicted octanol–water partition coefficient (Wildman–Crippen LogP) is 6.07. The van der Waals surface area contributed by atoms with Crippen molar-refractivity contribution in [2.75, 3.05) is 6.61 Å². The first-order valence-corrected chi connectivity index (χ1v) is 13.6. The van der Waals surface area contributed by atoms with E-state index < -0.39 is 22.1 Å². The second-order valence-electron chi connectivity index (χ2n) is 9.32. The molecule has 1 heterocycles. The van der Waals surface area contributed by atoms with Crippen molar-refractivity contribution in [3.05, 3.63) is 95.1 Å². The van der Waals surface area contributed by atoms with Crippen LogP contribution in [-0.4, -0.2) is 33.7 Å². The molecule has 9 heteroatoms. The highest BCUT2D eigenvalue weighted by Gasteiger charge is 2.35. The molecule has 194 valence electrons. The third-order valence-corrected chi connectivity index (χ3v) is 8.20. The fourth-order valence-corrected chi connectivity index (χ4v) is 6.17. The second-order valence-corrected chi connectivity index (χ2v) is 11.0. The van der Waals surface area contributed by atoms with Gasteiger partial charge in [0.15, 0.2) is 0 Å². The molecule has 3 aromatic rings. The first kappa shape index (κ1) is 25.5. The van der Waals surface area contributed by atoms with E-state index in [9.17, 15) is 21.6 Å². The Morgan fingerprint density at radius 2 is 1.49 bits per heavy atom. The second kappa shape index (κ2) is 10.3. The molecule has 1 saturated heterocycles. The van der Waals surface area contributed by atoms with Crippen LogP contribution in [0.4, 0.5) is 13.2 Å². The van der Waals surface area contributed by atoms with Crippen LogP contribution in [0.15, 0.2) is 82.1 Å². The molecule has 2 atom stereocenters. The van der Waals surface area contributed by atoms with Gasteiger partial charge in [0.05, 0.1) is 11.0 Å². The summed E-state index contributed by atoms with van der Waals surface area (Å²) in [6, 6.07) is 20.8. The first-order chi connectivity index (χ1) is 17.7. The molecule has 1 aliphatic heterocycles. The molecule has 0 radical (unpaired) electrons. The fraction of sp³-hybridized carbons (Fsp3) is 0.321. The molecule has 5 nitrogen and oxygen atoms in total. The molecule has 0 spiro atoms. The van der Waals surface area contributed by atoms with Crippen molar-refractivity contribution in [3.8, 4) is 5.75 Å². The maximum absolute atomic E-state index is 12.7. The molecule has 3 aromatic carbocycles. The highest BCUT2D eigenvalue weighted by molar-refractivity contribution is 7.90. The van der Waals surface area contributed by atoms with Crippen LogP contribution >= 0.6 is 0 Å². The molecule has 1 aliphatic carbocycles. The lowest BCUT2D eigenvalue weighted by Gasteiger charge is -2.35. The Morgan fingerprint density at radius 3 is 2.08 bits per heavy atom. The molecule has 1 fully saturated rings. The summed E-state index contributed by atoms with van der Waals surface area (Å²) in [6.07, 6.45) is -0.421. The topological polar surface area (TPSA) is 65.0 Å². The fourth-order valence-electron chi connectivity index (χ4n) is 5.23. The van der Waals surface area contributed by atoms with Crippen LogP contribution in [0.25, 0.3) is 0 Å². The van der Waals surface area contributed by atoms with E-state index in [-0.39, 0.29) is 22.8 Å². The Labute approximate surface area is 214 Å². The molecular formula is C28H26F3NO4S. The summed E-state index contributed by atoms with van der Waals surface area (Å²) in [5.41, 5.74) is 5.07. The van der Waals surface area contributed by atoms with Gasteiger partial charge in [-0.1, -0.05) is 48.5 Å². The van der Waals surface area contributed by atoms with Crippen molar-refractivity contribution in [2.24, 2.45) is 10.3 Å². The van der Waals surface area contributed by atoms with Crippen molar-refractivity contribution >= 4 is 16.2 Å². The van der Waals surface area contributed by atoms with Crippen molar-refractivity contribution in [1.82, 2.24) is 0 Å². The molecule has 37 heavy (non-hydrogen) atoms. The highest BCUT2D eigenvalue weighted by Crippen LogP contribution is 2.41. The van der Waals surface area contributed by atoms with Gasteiger partial charge in [-0.3, -0.25) is 0 Å². The van der Waals surface area contributed by atoms with Crippen molar-refractivity contribution in [3.63, 3.8) is 0 Å². The summed E-state index contributed by atoms with van der Waals surface area (Å²) in [7, 11) is -4.07. The van der Waals surface area contributed by atoms with E-state index in [0.29, 0.717) is 19.4 Å². The Balaban J connectivity index is 1.36. The van der Waals surface area contributed by atoms with Gasteiger partial charge in [0.1, 0.15) is 5.75 Å². The molecule has 1 unspecified atom stereocenters. The maximum atomic E-state index is 12.7. The van der Waals surface area contributed by atoms with Gasteiger partial charge < -0.3 is 9.47 Å². The standard InChI is InChI=1S/C28H26F3NO4S/c29-28(30,31)36-22-11-13-23(14-12-22)37(33,34)32-18-19-15-16-35-26(17-19)27-24-7-3-1-5-20(24)9-10-21-6-2-4-8-25(21)27/h1-8,11-14,18-19,26-27H,9-10,15-17H2/t19?,26-/m0/s1. The largest absolute Gasteiger partial charge is 0.573 e. The number of benzene rings is 3. The summed E-state index contributed by atoms with van der Waals surface area (Å²) in [5.74, 6) is -0.584. The van der Waals surface area contributed by atoms with Crippen LogP contribution in [0, 0.1) is 5.92 Å². The van der Waals surface area contributed by atoms with E-state index in [0.717, 1.165) is 37.1 Å². The molecule has 0 bridgehead atoms. The van der Waals surface area contributed by atoms with Gasteiger partial charge in [0.25, 0.3) is 10.0 Å². The third kappa shape index (κ3) is 5.88. The lowest BCUT2D eigenvalue weighted by molar-refractivity contribution is -0.274. The minimum absolute atomic E-state index is 0.0314. The molecule has 5 rings (SSSR count). The zero-order valence-electron chi connectivity index (χ0n) is 19.9. The quantitative estimate of drug-likeness (QED) is 0.377. The molecule has 2 aliphatic rings. The number of hydrogen-bond acceptors (Lipinski definition) is 4. The Kier molecular flexibility index (Phi) is 7.09. The van der Waals surface area contributed by atoms with E-state index in [4.69, 9.17) is 4.74 Å². The van der Waals surface area contributed by atoms with E-state index in [1.807, 2.05) is 12.1 Å². The predicted molar refractivity (Wildman–Crippen MR) is 133 cm³/mol. The van der Waals surface area contributed by atoms with Crippen LogP contribution in [0.5, 0.6) is 5.75 Å². The van der Waals surface area contributed by atoms with Gasteiger partial charge in [-0.2, -0.15) is 12.8 Å². The summed E-state index contributed by atoms with van der Waals surface area (Å²) >= 11 is 0. The molecule has 0 amide bonds. The van der Waals surface area contributed by atoms with Crippen LogP contribution in [0.1, 0.15) is 41.0 Å². The van der Waals surface area contributed by atoms with Crippen molar-refractivity contribution in [1.29, 1.82) is 0 Å². The van der Waals surface area contributed by atoms with Gasteiger partial charge in [-0.05, 0) is 78.1 Å². The van der Waals surface area contributed by atoms with E-state index >= 15 is 0 Å². The summed E-state index contributed by atoms with van der Waals surface area (Å²) < 4.78 is 76.6. The number of alkyl halides is 3. The zero-order chi connectivity index (χ0) is 26.0. The minimum atomic E-state index is -4.85. The lowest BCUT2D eigenvalue weighted by Crippen LogP contribution is -2.32. The van der Waals surface area contributed by atoms with Gasteiger partial charge in [0.2, 0.25) is 0 Å². The van der Waals surface area contributed by atoms with Crippen LogP contribution < -0.4 is 4.74 Å². The van der Waals surface area contributed by atoms with Crippen molar-refractivity contribution < 1.29 is 31.1 Å². The number of sulfonamides is 1. The summed E-state index contributed by atoms with van der Waals surface area (Å²) in [6.45, 7) is 0.478. The normalized spacial score (nSPS) is 20.7. The van der Waals surface area contributed by atoms with Gasteiger partial charge >= 0.3 is 6.36 Å². The molecule has 0 N–H and O–H groups in total. The first-order valence-electron chi connectivity index (χ1n) is 12.1. The maximum Gasteiger partial charge on any atom is 0.573 e. The van der Waals surface area contributed by atoms with Crippen molar-refractivity contribution in [2.45, 2.75) is 49.0 Å². The van der Waals surface area contributed by atoms with Gasteiger partial charge in [-0.25, -0.2) is 0 Å². The number of fused-ring (bicyclic) bond motifs is 2. The highest BCUT2D eigenvalue weighted by atomic mass is 32.2. The summed E-state index contributed by atoms with van der Waals surface area (Å²) in [4.78, 5) is -0.200. The van der Waals surface area contributed by atoms with E-state index in [1.165, 1.54) is 28.5 Å². The molecule has 0 aromatic heterocycles. The van der Waals surface area contributed by atoms with Gasteiger partial charge in [0, 0.05) is 18.7 Å². The Bertz CT molecular complexity index is 1340. The number of halogens is 3. The van der Waals surface area contributed by atoms with Crippen LogP contribution in [-0.2, 0) is 27.6 Å². The molecular weight excluding hydrogens is 503 g/mol. The lowest BCUT2D eigenvalue weighted by atomic mass is 9.79. The Morgan fingerprint density at radius 1 is 0.892 bits per heavy atom. The number of ether oxygens (including phenoxy) is 2. The number of aryl methyl sites for hydroxylation is 2. The summed E-state index contributed by atoms with van der Waals surface area (Å²) in [5, 5.41) is 0. The van der Waals surface area contributed by atoms with Crippen LogP contribution in [0.2, 0.25) is 0 Å². The monoisotopic (exact) mass is 529 g/mol. The van der Waals surface area contributed by atoms with E-state index in [1.54, 1.807) is 0 Å². The third-order valence-electron chi connectivity index (χ3n) is 6.94. The smallest absolute Gasteiger partial charge is 0.406 e. The Hall–Kier alpha value is -3.17. The van der Waals surface area contributed by atoms with Gasteiger partial charge in [-0.15, -0.1) is 13.2 Å². The number of nitrogens with zero attached hydrogens (tertiary/aromatic N) is 1. The van der Waals surface area contributed by atoms with E-state index in [2.05, 4.69) is 45.5 Å². The minimum Gasteiger partial charge on any atom is -0.406 e. The molecule has 0 saturated carbocycles. The number of rotatable bonds is 5.